The maximum Gasteiger partial charge on any atom is 0.311 e. The van der Waals surface area contributed by atoms with Crippen LogP contribution in [0.25, 0.3) is 0 Å². The normalized spacial score (nSPS) is 11.1. The Hall–Kier alpha value is -1.84. The Morgan fingerprint density at radius 3 is 2.37 bits per heavy atom. The number of amides is 1. The number of hydrogen-bond donors (Lipinski definition) is 2. The van der Waals surface area contributed by atoms with E-state index in [2.05, 4.69) is 5.32 Å². The van der Waals surface area contributed by atoms with Crippen LogP contribution in [0.1, 0.15) is 42.6 Å². The van der Waals surface area contributed by atoms with Crippen LogP contribution in [0.3, 0.4) is 0 Å². The predicted molar refractivity (Wildman–Crippen MR) is 74.2 cm³/mol. The molecule has 0 radical (unpaired) electrons. The molecule has 0 aliphatic heterocycles. The van der Waals surface area contributed by atoms with Gasteiger partial charge in [-0.05, 0) is 31.9 Å². The van der Waals surface area contributed by atoms with Crippen LogP contribution in [0.5, 0.6) is 0 Å². The second-order valence-corrected chi connectivity index (χ2v) is 4.84. The van der Waals surface area contributed by atoms with E-state index in [-0.39, 0.29) is 12.5 Å². The maximum absolute atomic E-state index is 12.0. The number of aliphatic carboxylic acids is 1. The van der Waals surface area contributed by atoms with Crippen molar-refractivity contribution in [2.24, 2.45) is 5.41 Å². The van der Waals surface area contributed by atoms with Crippen LogP contribution in [0.4, 0.5) is 0 Å². The molecule has 0 aliphatic carbocycles. The lowest BCUT2D eigenvalue weighted by molar-refractivity contribution is -0.149. The molecule has 0 bridgehead atoms. The van der Waals surface area contributed by atoms with Crippen molar-refractivity contribution in [3.8, 4) is 0 Å². The Morgan fingerprint density at radius 2 is 1.89 bits per heavy atom. The van der Waals surface area contributed by atoms with E-state index in [1.807, 2.05) is 32.9 Å². The molecule has 0 fully saturated rings. The average Bonchev–Trinajstić information content (AvgIpc) is 2.40. The lowest BCUT2D eigenvalue weighted by Crippen LogP contribution is -2.42. The van der Waals surface area contributed by atoms with E-state index in [4.69, 9.17) is 0 Å². The third kappa shape index (κ3) is 3.56. The van der Waals surface area contributed by atoms with Gasteiger partial charge in [0.05, 0.1) is 5.41 Å². The van der Waals surface area contributed by atoms with Crippen LogP contribution in [0.15, 0.2) is 24.3 Å². The fourth-order valence-corrected chi connectivity index (χ4v) is 2.02. The van der Waals surface area contributed by atoms with Crippen LogP contribution >= 0.6 is 0 Å². The van der Waals surface area contributed by atoms with Crippen molar-refractivity contribution in [2.45, 2.75) is 33.6 Å². The highest BCUT2D eigenvalue weighted by Gasteiger charge is 2.35. The highest BCUT2D eigenvalue weighted by atomic mass is 16.4. The number of aryl methyl sites for hydroxylation is 1. The summed E-state index contributed by atoms with van der Waals surface area (Å²) in [6.07, 6.45) is 0.986. The number of carbonyl (C=O) groups is 2. The predicted octanol–water partition coefficient (Wildman–Crippen LogP) is 2.62. The Bertz CT molecular complexity index is 464. The van der Waals surface area contributed by atoms with Gasteiger partial charge in [-0.25, -0.2) is 0 Å². The SMILES string of the molecule is CCC(CC)(CNC(=O)c1cccc(C)c1)C(=O)O. The number of carboxylic acid groups (broad SMARTS) is 1. The first kappa shape index (κ1) is 15.2. The van der Waals surface area contributed by atoms with Crippen molar-refractivity contribution in [1.29, 1.82) is 0 Å². The highest BCUT2D eigenvalue weighted by Crippen LogP contribution is 2.25. The molecular formula is C15H21NO3. The number of carbonyl (C=O) groups excluding carboxylic acids is 1. The molecule has 4 nitrogen and oxygen atoms in total. The highest BCUT2D eigenvalue weighted by molar-refractivity contribution is 5.94. The van der Waals surface area contributed by atoms with Crippen molar-refractivity contribution in [2.75, 3.05) is 6.54 Å². The summed E-state index contributed by atoms with van der Waals surface area (Å²) >= 11 is 0. The summed E-state index contributed by atoms with van der Waals surface area (Å²) in [7, 11) is 0. The van der Waals surface area contributed by atoms with E-state index in [0.29, 0.717) is 18.4 Å². The zero-order valence-corrected chi connectivity index (χ0v) is 11.7. The van der Waals surface area contributed by atoms with Gasteiger partial charge in [-0.1, -0.05) is 31.5 Å². The molecule has 0 spiro atoms. The molecule has 104 valence electrons. The topological polar surface area (TPSA) is 66.4 Å². The van der Waals surface area contributed by atoms with Gasteiger partial charge in [0.2, 0.25) is 0 Å². The van der Waals surface area contributed by atoms with Gasteiger partial charge in [0.15, 0.2) is 0 Å². The third-order valence-corrected chi connectivity index (χ3v) is 3.67. The number of rotatable bonds is 6. The molecule has 0 unspecified atom stereocenters. The fourth-order valence-electron chi connectivity index (χ4n) is 2.02. The van der Waals surface area contributed by atoms with Gasteiger partial charge in [0.1, 0.15) is 0 Å². The summed E-state index contributed by atoms with van der Waals surface area (Å²) in [6, 6.07) is 7.24. The molecule has 0 atom stereocenters. The summed E-state index contributed by atoms with van der Waals surface area (Å²) < 4.78 is 0. The summed E-state index contributed by atoms with van der Waals surface area (Å²) in [6.45, 7) is 5.73. The summed E-state index contributed by atoms with van der Waals surface area (Å²) in [4.78, 5) is 23.3. The van der Waals surface area contributed by atoms with E-state index < -0.39 is 11.4 Å². The van der Waals surface area contributed by atoms with Gasteiger partial charge in [-0.3, -0.25) is 9.59 Å². The Morgan fingerprint density at radius 1 is 1.26 bits per heavy atom. The van der Waals surface area contributed by atoms with Crippen LogP contribution in [-0.2, 0) is 4.79 Å². The zero-order chi connectivity index (χ0) is 14.5. The largest absolute Gasteiger partial charge is 0.481 e. The van der Waals surface area contributed by atoms with Crippen LogP contribution in [-0.4, -0.2) is 23.5 Å². The van der Waals surface area contributed by atoms with Gasteiger partial charge in [-0.15, -0.1) is 0 Å². The molecule has 0 heterocycles. The van der Waals surface area contributed by atoms with Crippen molar-refractivity contribution in [1.82, 2.24) is 5.32 Å². The molecule has 0 aliphatic rings. The molecule has 0 saturated heterocycles. The van der Waals surface area contributed by atoms with Gasteiger partial charge in [0.25, 0.3) is 5.91 Å². The lowest BCUT2D eigenvalue weighted by Gasteiger charge is -2.26. The number of nitrogens with one attached hydrogen (secondary N) is 1. The molecule has 1 rings (SSSR count). The first-order valence-electron chi connectivity index (χ1n) is 6.53. The van der Waals surface area contributed by atoms with E-state index in [0.717, 1.165) is 5.56 Å². The Labute approximate surface area is 113 Å². The van der Waals surface area contributed by atoms with Crippen molar-refractivity contribution in [3.63, 3.8) is 0 Å². The minimum Gasteiger partial charge on any atom is -0.481 e. The molecule has 2 N–H and O–H groups in total. The van der Waals surface area contributed by atoms with Gasteiger partial charge in [-0.2, -0.15) is 0 Å². The van der Waals surface area contributed by atoms with Gasteiger partial charge < -0.3 is 10.4 Å². The minimum absolute atomic E-state index is 0.155. The summed E-state index contributed by atoms with van der Waals surface area (Å²) in [5, 5.41) is 12.0. The second kappa shape index (κ2) is 6.36. The molecule has 1 aromatic carbocycles. The zero-order valence-electron chi connectivity index (χ0n) is 11.7. The second-order valence-electron chi connectivity index (χ2n) is 4.84. The van der Waals surface area contributed by atoms with Crippen molar-refractivity contribution in [3.05, 3.63) is 35.4 Å². The van der Waals surface area contributed by atoms with Crippen molar-refractivity contribution >= 4 is 11.9 Å². The van der Waals surface area contributed by atoms with Crippen LogP contribution in [0.2, 0.25) is 0 Å². The first-order valence-corrected chi connectivity index (χ1v) is 6.53. The van der Waals surface area contributed by atoms with Gasteiger partial charge in [0, 0.05) is 12.1 Å². The van der Waals surface area contributed by atoms with E-state index in [1.54, 1.807) is 12.1 Å². The lowest BCUT2D eigenvalue weighted by atomic mass is 9.82. The molecular weight excluding hydrogens is 242 g/mol. The standard InChI is InChI=1S/C15H21NO3/c1-4-15(5-2,14(18)19)10-16-13(17)12-8-6-7-11(3)9-12/h6-9H,4-5,10H2,1-3H3,(H,16,17)(H,18,19). The average molecular weight is 263 g/mol. The Kier molecular flexibility index (Phi) is 5.10. The first-order chi connectivity index (χ1) is 8.95. The number of hydrogen-bond acceptors (Lipinski definition) is 2. The molecule has 4 heteroatoms. The smallest absolute Gasteiger partial charge is 0.311 e. The Balaban J connectivity index is 2.75. The maximum atomic E-state index is 12.0. The van der Waals surface area contributed by atoms with Crippen LogP contribution in [0, 0.1) is 12.3 Å². The monoisotopic (exact) mass is 263 g/mol. The molecule has 0 aromatic heterocycles. The molecule has 1 aromatic rings. The molecule has 0 saturated carbocycles. The molecule has 19 heavy (non-hydrogen) atoms. The molecule has 1 amide bonds. The van der Waals surface area contributed by atoms with Crippen LogP contribution < -0.4 is 5.32 Å². The van der Waals surface area contributed by atoms with E-state index >= 15 is 0 Å². The third-order valence-electron chi connectivity index (χ3n) is 3.67. The number of benzene rings is 1. The van der Waals surface area contributed by atoms with E-state index in [1.165, 1.54) is 0 Å². The van der Waals surface area contributed by atoms with Gasteiger partial charge >= 0.3 is 5.97 Å². The number of carboxylic acids is 1. The minimum atomic E-state index is -0.876. The summed E-state index contributed by atoms with van der Waals surface area (Å²) in [5.74, 6) is -1.08. The van der Waals surface area contributed by atoms with E-state index in [9.17, 15) is 14.7 Å². The quantitative estimate of drug-likeness (QED) is 0.829. The van der Waals surface area contributed by atoms with Crippen molar-refractivity contribution < 1.29 is 14.7 Å². The summed E-state index contributed by atoms with van der Waals surface area (Å²) in [5.41, 5.74) is 0.689. The fraction of sp³-hybridized carbons (Fsp3) is 0.467.